The van der Waals surface area contributed by atoms with Gasteiger partial charge in [-0.15, -0.1) is 0 Å². The van der Waals surface area contributed by atoms with Gasteiger partial charge in [0.15, 0.2) is 0 Å². The molecular formula is C7H17NO6S2. The summed E-state index contributed by atoms with van der Waals surface area (Å²) in [5.41, 5.74) is 0. The zero-order valence-electron chi connectivity index (χ0n) is 9.32. The summed E-state index contributed by atoms with van der Waals surface area (Å²) in [6, 6.07) is -0.331. The minimum atomic E-state index is -4.67. The molecule has 0 bridgehead atoms. The van der Waals surface area contributed by atoms with E-state index in [0.717, 1.165) is 5.75 Å². The molecule has 0 fully saturated rings. The molecule has 0 spiro atoms. The van der Waals surface area contributed by atoms with Crippen LogP contribution in [-0.4, -0.2) is 65.6 Å². The van der Waals surface area contributed by atoms with Gasteiger partial charge in [-0.1, -0.05) is 0 Å². The van der Waals surface area contributed by atoms with E-state index in [2.05, 4.69) is 0 Å². The first-order chi connectivity index (χ1) is 7.09. The van der Waals surface area contributed by atoms with Gasteiger partial charge in [0.25, 0.3) is 0 Å². The molecule has 0 aliphatic carbocycles. The summed E-state index contributed by atoms with van der Waals surface area (Å²) in [6.07, 6.45) is 2.69. The molecule has 98 valence electrons. The topological polar surface area (TPSA) is 115 Å². The van der Waals surface area contributed by atoms with E-state index in [9.17, 15) is 4.79 Å². The summed E-state index contributed by atoms with van der Waals surface area (Å²) in [5.74, 6) is 0.166. The van der Waals surface area contributed by atoms with Gasteiger partial charge in [-0.3, -0.25) is 18.8 Å². The Kier molecular flexibility index (Phi) is 9.87. The Morgan fingerprint density at radius 2 is 1.75 bits per heavy atom. The second-order valence-corrected chi connectivity index (χ2v) is 4.93. The Balaban J connectivity index is 0. The zero-order chi connectivity index (χ0) is 13.4. The molecule has 0 aromatic heterocycles. The summed E-state index contributed by atoms with van der Waals surface area (Å²) >= 11 is 1.67. The monoisotopic (exact) mass is 275 g/mol. The molecule has 9 heteroatoms. The number of nitrogens with zero attached hydrogens (tertiary/aromatic N) is 1. The smallest absolute Gasteiger partial charge is 0.394 e. The van der Waals surface area contributed by atoms with Crippen LogP contribution in [0.4, 0.5) is 0 Å². The Bertz CT molecular complexity index is 281. The highest BCUT2D eigenvalue weighted by molar-refractivity contribution is 7.98. The molecule has 0 aromatic carbocycles. The number of carbonyl (C=O) groups is 1. The average Bonchev–Trinajstić information content (AvgIpc) is 2.00. The molecule has 0 heterocycles. The standard InChI is InChI=1S/C7H15NO2S.H2O4S/c1-8(2)6(7(9)10)4-5-11-3;1-5(2,3)4/h6H,4-5H2,1-3H3,(H,9,10);(H2,1,2,3,4)/t6-;/m0./s1. The number of aliphatic carboxylic acids is 1. The Morgan fingerprint density at radius 3 is 1.94 bits per heavy atom. The number of rotatable bonds is 5. The second kappa shape index (κ2) is 8.76. The van der Waals surface area contributed by atoms with E-state index in [0.29, 0.717) is 6.42 Å². The molecule has 0 amide bonds. The lowest BCUT2D eigenvalue weighted by molar-refractivity contribution is -0.142. The van der Waals surface area contributed by atoms with Gasteiger partial charge >= 0.3 is 16.4 Å². The molecule has 0 aromatic rings. The van der Waals surface area contributed by atoms with Crippen LogP contribution in [-0.2, 0) is 15.2 Å². The Hall–Kier alpha value is -0.350. The molecular weight excluding hydrogens is 258 g/mol. The second-order valence-electron chi connectivity index (χ2n) is 3.05. The van der Waals surface area contributed by atoms with Crippen LogP contribution >= 0.6 is 11.8 Å². The minimum absolute atomic E-state index is 0.331. The minimum Gasteiger partial charge on any atom is -0.480 e. The van der Waals surface area contributed by atoms with Crippen molar-refractivity contribution in [1.82, 2.24) is 4.90 Å². The summed E-state index contributed by atoms with van der Waals surface area (Å²) in [7, 11) is -1.09. The molecule has 7 nitrogen and oxygen atoms in total. The lowest BCUT2D eigenvalue weighted by Gasteiger charge is -2.18. The molecule has 3 N–H and O–H groups in total. The van der Waals surface area contributed by atoms with Gasteiger partial charge in [0.05, 0.1) is 0 Å². The average molecular weight is 275 g/mol. The van der Waals surface area contributed by atoms with Crippen molar-refractivity contribution in [2.24, 2.45) is 0 Å². The van der Waals surface area contributed by atoms with Crippen LogP contribution in [0.3, 0.4) is 0 Å². The van der Waals surface area contributed by atoms with Crippen molar-refractivity contribution in [2.75, 3.05) is 26.1 Å². The highest BCUT2D eigenvalue weighted by atomic mass is 32.3. The van der Waals surface area contributed by atoms with Crippen molar-refractivity contribution < 1.29 is 27.4 Å². The summed E-state index contributed by atoms with van der Waals surface area (Å²) in [5, 5.41) is 8.72. The van der Waals surface area contributed by atoms with E-state index < -0.39 is 16.4 Å². The largest absolute Gasteiger partial charge is 0.480 e. The van der Waals surface area contributed by atoms with Gasteiger partial charge in [0.1, 0.15) is 6.04 Å². The first kappa shape index (κ1) is 18.0. The fraction of sp³-hybridized carbons (Fsp3) is 0.857. The summed E-state index contributed by atoms with van der Waals surface area (Å²) in [6.45, 7) is 0. The molecule has 0 unspecified atom stereocenters. The molecule has 16 heavy (non-hydrogen) atoms. The maximum absolute atomic E-state index is 10.6. The number of carboxylic acid groups (broad SMARTS) is 1. The van der Waals surface area contributed by atoms with Crippen LogP contribution < -0.4 is 0 Å². The fourth-order valence-electron chi connectivity index (χ4n) is 0.832. The van der Waals surface area contributed by atoms with Crippen molar-refractivity contribution in [3.05, 3.63) is 0 Å². The van der Waals surface area contributed by atoms with Crippen molar-refractivity contribution in [3.8, 4) is 0 Å². The molecule has 0 aliphatic rings. The lowest BCUT2D eigenvalue weighted by Crippen LogP contribution is -2.35. The quantitative estimate of drug-likeness (QED) is 0.605. The highest BCUT2D eigenvalue weighted by Crippen LogP contribution is 2.04. The normalized spacial score (nSPS) is 12.9. The third-order valence-corrected chi connectivity index (χ3v) is 2.15. The molecule has 0 aliphatic heterocycles. The first-order valence-corrected chi connectivity index (χ1v) is 6.96. The van der Waals surface area contributed by atoms with E-state index in [1.165, 1.54) is 0 Å². The highest BCUT2D eigenvalue weighted by Gasteiger charge is 2.18. The van der Waals surface area contributed by atoms with Crippen molar-refractivity contribution in [2.45, 2.75) is 12.5 Å². The van der Waals surface area contributed by atoms with Gasteiger partial charge in [-0.2, -0.15) is 20.2 Å². The van der Waals surface area contributed by atoms with Gasteiger partial charge in [0.2, 0.25) is 0 Å². The molecule has 0 radical (unpaired) electrons. The van der Waals surface area contributed by atoms with Crippen LogP contribution in [0.25, 0.3) is 0 Å². The SMILES string of the molecule is CSCC[C@@H](C(=O)O)N(C)C.O=S(=O)(O)O. The first-order valence-electron chi connectivity index (χ1n) is 4.17. The van der Waals surface area contributed by atoms with Crippen molar-refractivity contribution >= 4 is 28.1 Å². The third-order valence-electron chi connectivity index (χ3n) is 1.50. The van der Waals surface area contributed by atoms with Crippen LogP contribution in [0, 0.1) is 0 Å². The third kappa shape index (κ3) is 16.1. The summed E-state index contributed by atoms with van der Waals surface area (Å²) in [4.78, 5) is 12.3. The van der Waals surface area contributed by atoms with E-state index in [-0.39, 0.29) is 6.04 Å². The van der Waals surface area contributed by atoms with E-state index in [1.807, 2.05) is 6.26 Å². The van der Waals surface area contributed by atoms with Gasteiger partial charge < -0.3 is 5.11 Å². The number of likely N-dealkylation sites (N-methyl/N-ethyl adjacent to an activating group) is 1. The predicted molar refractivity (Wildman–Crippen MR) is 62.3 cm³/mol. The number of hydrogen-bond donors (Lipinski definition) is 3. The predicted octanol–water partition coefficient (Wildman–Crippen LogP) is 0.102. The number of thioether (sulfide) groups is 1. The van der Waals surface area contributed by atoms with Crippen LogP contribution in [0.5, 0.6) is 0 Å². The Morgan fingerprint density at radius 1 is 1.38 bits per heavy atom. The maximum Gasteiger partial charge on any atom is 0.394 e. The van der Waals surface area contributed by atoms with Crippen LogP contribution in [0.1, 0.15) is 6.42 Å². The zero-order valence-corrected chi connectivity index (χ0v) is 11.0. The molecule has 1 atom stereocenters. The summed E-state index contributed by atoms with van der Waals surface area (Å²) < 4.78 is 31.6. The number of hydrogen-bond acceptors (Lipinski definition) is 5. The maximum atomic E-state index is 10.6. The molecule has 0 saturated carbocycles. The van der Waals surface area contributed by atoms with Gasteiger partial charge in [0, 0.05) is 0 Å². The number of carboxylic acids is 1. The van der Waals surface area contributed by atoms with Crippen LogP contribution in [0.2, 0.25) is 0 Å². The van der Waals surface area contributed by atoms with Crippen molar-refractivity contribution in [3.63, 3.8) is 0 Å². The van der Waals surface area contributed by atoms with E-state index in [1.54, 1.807) is 30.8 Å². The van der Waals surface area contributed by atoms with Gasteiger partial charge in [-0.05, 0) is 32.5 Å². The fourth-order valence-corrected chi connectivity index (χ4v) is 1.29. The van der Waals surface area contributed by atoms with E-state index >= 15 is 0 Å². The molecule has 0 rings (SSSR count). The lowest BCUT2D eigenvalue weighted by atomic mass is 10.2. The van der Waals surface area contributed by atoms with E-state index in [4.69, 9.17) is 22.6 Å². The molecule has 0 saturated heterocycles. The van der Waals surface area contributed by atoms with Crippen molar-refractivity contribution in [1.29, 1.82) is 0 Å². The van der Waals surface area contributed by atoms with Gasteiger partial charge in [-0.25, -0.2) is 0 Å². The van der Waals surface area contributed by atoms with Crippen LogP contribution in [0.15, 0.2) is 0 Å². The Labute approximate surface area is 99.4 Å².